The van der Waals surface area contributed by atoms with Crippen molar-refractivity contribution < 1.29 is 14.1 Å². The van der Waals surface area contributed by atoms with Crippen molar-refractivity contribution in [2.24, 2.45) is 5.92 Å². The number of fused-ring (bicyclic) bond motifs is 1. The SMILES string of the molecule is CNC(=O)[C@H]1C[C@H]2CCN(Cc3c(C)noc3C)C[C@H]2O1. The molecule has 21 heavy (non-hydrogen) atoms. The molecule has 2 fully saturated rings. The van der Waals surface area contributed by atoms with Crippen LogP contribution in [0.3, 0.4) is 0 Å². The van der Waals surface area contributed by atoms with Crippen LogP contribution in [0.1, 0.15) is 29.9 Å². The van der Waals surface area contributed by atoms with E-state index in [-0.39, 0.29) is 18.1 Å². The highest BCUT2D eigenvalue weighted by Crippen LogP contribution is 2.34. The van der Waals surface area contributed by atoms with E-state index in [1.807, 2.05) is 13.8 Å². The number of carbonyl (C=O) groups is 1. The zero-order chi connectivity index (χ0) is 15.0. The number of ether oxygens (including phenoxy) is 1. The van der Waals surface area contributed by atoms with E-state index in [0.29, 0.717) is 5.92 Å². The molecule has 3 rings (SSSR count). The van der Waals surface area contributed by atoms with E-state index in [1.54, 1.807) is 7.05 Å². The molecular formula is C15H23N3O3. The zero-order valence-electron chi connectivity index (χ0n) is 12.9. The van der Waals surface area contributed by atoms with E-state index < -0.39 is 0 Å². The first-order chi connectivity index (χ1) is 10.1. The van der Waals surface area contributed by atoms with E-state index in [2.05, 4.69) is 15.4 Å². The molecule has 6 heteroatoms. The third-order valence-corrected chi connectivity index (χ3v) is 4.74. The van der Waals surface area contributed by atoms with Crippen LogP contribution in [-0.2, 0) is 16.1 Å². The standard InChI is InChI=1S/C15H23N3O3/c1-9-12(10(2)21-17-9)7-18-5-4-11-6-13(15(19)16-3)20-14(11)8-18/h11,13-14H,4-8H2,1-3H3,(H,16,19)/t11-,13-,14-/m1/s1. The summed E-state index contributed by atoms with van der Waals surface area (Å²) in [6.07, 6.45) is 1.83. The van der Waals surface area contributed by atoms with Gasteiger partial charge in [-0.3, -0.25) is 9.69 Å². The van der Waals surface area contributed by atoms with Crippen LogP contribution >= 0.6 is 0 Å². The molecule has 0 bridgehead atoms. The Labute approximate surface area is 124 Å². The van der Waals surface area contributed by atoms with Crippen molar-refractivity contribution in [3.63, 3.8) is 0 Å². The first-order valence-electron chi connectivity index (χ1n) is 7.59. The van der Waals surface area contributed by atoms with Gasteiger partial charge in [-0.25, -0.2) is 0 Å². The Morgan fingerprint density at radius 2 is 2.29 bits per heavy atom. The lowest BCUT2D eigenvalue weighted by Crippen LogP contribution is -2.42. The summed E-state index contributed by atoms with van der Waals surface area (Å²) in [4.78, 5) is 14.1. The largest absolute Gasteiger partial charge is 0.364 e. The van der Waals surface area contributed by atoms with Gasteiger partial charge in [0.15, 0.2) is 0 Å². The number of likely N-dealkylation sites (tertiary alicyclic amines) is 1. The second-order valence-electron chi connectivity index (χ2n) is 6.10. The molecule has 0 radical (unpaired) electrons. The molecule has 0 unspecified atom stereocenters. The van der Waals surface area contributed by atoms with E-state index in [1.165, 1.54) is 5.56 Å². The second-order valence-corrected chi connectivity index (χ2v) is 6.10. The van der Waals surface area contributed by atoms with Crippen LogP contribution in [0.4, 0.5) is 0 Å². The number of aryl methyl sites for hydroxylation is 2. The van der Waals surface area contributed by atoms with Gasteiger partial charge in [0.2, 0.25) is 5.91 Å². The molecule has 116 valence electrons. The average Bonchev–Trinajstić information content (AvgIpc) is 3.04. The molecule has 2 aliphatic heterocycles. The summed E-state index contributed by atoms with van der Waals surface area (Å²) >= 11 is 0. The number of nitrogens with one attached hydrogen (secondary N) is 1. The number of amides is 1. The predicted molar refractivity (Wildman–Crippen MR) is 76.7 cm³/mol. The summed E-state index contributed by atoms with van der Waals surface area (Å²) in [5.74, 6) is 1.40. The summed E-state index contributed by atoms with van der Waals surface area (Å²) < 4.78 is 11.2. The van der Waals surface area contributed by atoms with E-state index in [0.717, 1.165) is 43.9 Å². The third kappa shape index (κ3) is 2.82. The van der Waals surface area contributed by atoms with Crippen molar-refractivity contribution in [2.75, 3.05) is 20.1 Å². The van der Waals surface area contributed by atoms with E-state index >= 15 is 0 Å². The molecule has 3 atom stereocenters. The number of likely N-dealkylation sites (N-methyl/N-ethyl adjacent to an activating group) is 1. The first kappa shape index (κ1) is 14.5. The molecular weight excluding hydrogens is 270 g/mol. The number of hydrogen-bond acceptors (Lipinski definition) is 5. The monoisotopic (exact) mass is 293 g/mol. The number of carbonyl (C=O) groups excluding carboxylic acids is 1. The fourth-order valence-corrected chi connectivity index (χ4v) is 3.42. The minimum absolute atomic E-state index is 0.00155. The topological polar surface area (TPSA) is 67.6 Å². The molecule has 3 heterocycles. The number of aromatic nitrogens is 1. The maximum absolute atomic E-state index is 11.7. The average molecular weight is 293 g/mol. The molecule has 0 aliphatic carbocycles. The van der Waals surface area contributed by atoms with Crippen LogP contribution in [-0.4, -0.2) is 48.3 Å². The Morgan fingerprint density at radius 3 is 2.95 bits per heavy atom. The number of piperidine rings is 1. The molecule has 2 saturated heterocycles. The molecule has 6 nitrogen and oxygen atoms in total. The summed E-state index contributed by atoms with van der Waals surface area (Å²) in [6.45, 7) is 6.69. The Kier molecular flexibility index (Phi) is 3.99. The molecule has 1 aromatic heterocycles. The van der Waals surface area contributed by atoms with Gasteiger partial charge in [-0.1, -0.05) is 5.16 Å². The second kappa shape index (κ2) is 5.77. The van der Waals surface area contributed by atoms with Crippen molar-refractivity contribution in [2.45, 2.75) is 45.4 Å². The van der Waals surface area contributed by atoms with Crippen LogP contribution < -0.4 is 5.32 Å². The molecule has 1 amide bonds. The third-order valence-electron chi connectivity index (χ3n) is 4.74. The highest BCUT2D eigenvalue weighted by Gasteiger charge is 2.41. The molecule has 2 aliphatic rings. The van der Waals surface area contributed by atoms with Crippen molar-refractivity contribution >= 4 is 5.91 Å². The van der Waals surface area contributed by atoms with Crippen LogP contribution in [0.25, 0.3) is 0 Å². The summed E-state index contributed by atoms with van der Waals surface area (Å²) in [6, 6.07) is 0. The minimum Gasteiger partial charge on any atom is -0.364 e. The summed E-state index contributed by atoms with van der Waals surface area (Å²) in [5.41, 5.74) is 2.14. The molecule has 0 saturated carbocycles. The van der Waals surface area contributed by atoms with Crippen LogP contribution in [0.2, 0.25) is 0 Å². The van der Waals surface area contributed by atoms with Gasteiger partial charge >= 0.3 is 0 Å². The lowest BCUT2D eigenvalue weighted by Gasteiger charge is -2.33. The smallest absolute Gasteiger partial charge is 0.248 e. The van der Waals surface area contributed by atoms with Gasteiger partial charge in [0, 0.05) is 25.7 Å². The Bertz CT molecular complexity index is 509. The van der Waals surface area contributed by atoms with Gasteiger partial charge in [0.25, 0.3) is 0 Å². The van der Waals surface area contributed by atoms with Gasteiger partial charge in [0.1, 0.15) is 11.9 Å². The van der Waals surface area contributed by atoms with Crippen LogP contribution in [0.5, 0.6) is 0 Å². The molecule has 0 aromatic carbocycles. The number of hydrogen-bond donors (Lipinski definition) is 1. The van der Waals surface area contributed by atoms with Gasteiger partial charge in [0.05, 0.1) is 11.8 Å². The summed E-state index contributed by atoms with van der Waals surface area (Å²) in [5, 5.41) is 6.69. The number of nitrogens with zero attached hydrogens (tertiary/aromatic N) is 2. The zero-order valence-corrected chi connectivity index (χ0v) is 12.9. The molecule has 0 spiro atoms. The normalized spacial score (nSPS) is 29.4. The van der Waals surface area contributed by atoms with Crippen LogP contribution in [0, 0.1) is 19.8 Å². The van der Waals surface area contributed by atoms with Gasteiger partial charge in [-0.2, -0.15) is 0 Å². The fraction of sp³-hybridized carbons (Fsp3) is 0.733. The van der Waals surface area contributed by atoms with Gasteiger partial charge in [-0.15, -0.1) is 0 Å². The Morgan fingerprint density at radius 1 is 1.48 bits per heavy atom. The maximum Gasteiger partial charge on any atom is 0.248 e. The lowest BCUT2D eigenvalue weighted by atomic mass is 9.91. The quantitative estimate of drug-likeness (QED) is 0.901. The van der Waals surface area contributed by atoms with E-state index in [9.17, 15) is 4.79 Å². The Hall–Kier alpha value is -1.40. The van der Waals surface area contributed by atoms with Gasteiger partial charge < -0.3 is 14.6 Å². The van der Waals surface area contributed by atoms with Crippen molar-refractivity contribution in [3.05, 3.63) is 17.0 Å². The maximum atomic E-state index is 11.7. The highest BCUT2D eigenvalue weighted by molar-refractivity contribution is 5.80. The van der Waals surface area contributed by atoms with Crippen LogP contribution in [0.15, 0.2) is 4.52 Å². The van der Waals surface area contributed by atoms with Gasteiger partial charge in [-0.05, 0) is 39.2 Å². The minimum atomic E-state index is -0.274. The van der Waals surface area contributed by atoms with Crippen molar-refractivity contribution in [1.29, 1.82) is 0 Å². The predicted octanol–water partition coefficient (Wildman–Crippen LogP) is 1.02. The highest BCUT2D eigenvalue weighted by atomic mass is 16.5. The van der Waals surface area contributed by atoms with Crippen molar-refractivity contribution in [3.8, 4) is 0 Å². The summed E-state index contributed by atoms with van der Waals surface area (Å²) in [7, 11) is 1.66. The fourth-order valence-electron chi connectivity index (χ4n) is 3.42. The molecule has 1 N–H and O–H groups in total. The Balaban J connectivity index is 1.61. The lowest BCUT2D eigenvalue weighted by molar-refractivity contribution is -0.132. The van der Waals surface area contributed by atoms with Crippen molar-refractivity contribution in [1.82, 2.24) is 15.4 Å². The van der Waals surface area contributed by atoms with E-state index in [4.69, 9.17) is 9.26 Å². The first-order valence-corrected chi connectivity index (χ1v) is 7.59. The molecule has 1 aromatic rings. The number of rotatable bonds is 3.